The van der Waals surface area contributed by atoms with E-state index in [1.165, 1.54) is 22.5 Å². The second-order valence-corrected chi connectivity index (χ2v) is 7.54. The summed E-state index contributed by atoms with van der Waals surface area (Å²) in [6, 6.07) is 16.2. The van der Waals surface area contributed by atoms with Crippen LogP contribution in [-0.2, 0) is 11.2 Å². The molecule has 140 valence electrons. The summed E-state index contributed by atoms with van der Waals surface area (Å²) in [4.78, 5) is 16.8. The fourth-order valence-corrected chi connectivity index (χ4v) is 3.55. The standard InChI is InChI=1S/C22H24N2O2S/c1-15(2)17-11-8-16(9-12-17)10-13-21(25)24-22-23-19(14-27-22)18-6-4-5-7-20(18)26-3/h4-9,11-12,14-15H,10,13H2,1-3H3,(H,23,24,25). The molecule has 4 nitrogen and oxygen atoms in total. The van der Waals surface area contributed by atoms with Gasteiger partial charge in [-0.3, -0.25) is 4.79 Å². The predicted octanol–water partition coefficient (Wildman–Crippen LogP) is 5.51. The Hall–Kier alpha value is -2.66. The maximum Gasteiger partial charge on any atom is 0.226 e. The Morgan fingerprint density at radius 3 is 2.59 bits per heavy atom. The number of nitrogens with zero attached hydrogens (tertiary/aromatic N) is 1. The lowest BCUT2D eigenvalue weighted by Gasteiger charge is -2.07. The maximum absolute atomic E-state index is 12.3. The lowest BCUT2D eigenvalue weighted by Crippen LogP contribution is -2.12. The lowest BCUT2D eigenvalue weighted by atomic mass is 10.0. The number of hydrogen-bond acceptors (Lipinski definition) is 4. The molecule has 0 atom stereocenters. The molecule has 3 aromatic rings. The van der Waals surface area contributed by atoms with Crippen molar-refractivity contribution in [2.75, 3.05) is 12.4 Å². The van der Waals surface area contributed by atoms with Crippen molar-refractivity contribution < 1.29 is 9.53 Å². The molecule has 1 N–H and O–H groups in total. The first-order chi connectivity index (χ1) is 13.1. The van der Waals surface area contributed by atoms with Gasteiger partial charge in [-0.25, -0.2) is 4.98 Å². The van der Waals surface area contributed by atoms with Crippen LogP contribution < -0.4 is 10.1 Å². The molecule has 1 aromatic heterocycles. The van der Waals surface area contributed by atoms with E-state index in [0.717, 1.165) is 23.4 Å². The molecule has 27 heavy (non-hydrogen) atoms. The molecule has 1 amide bonds. The number of aryl methyl sites for hydroxylation is 1. The van der Waals surface area contributed by atoms with Gasteiger partial charge in [-0.05, 0) is 35.6 Å². The van der Waals surface area contributed by atoms with Crippen molar-refractivity contribution in [1.82, 2.24) is 4.98 Å². The monoisotopic (exact) mass is 380 g/mol. The summed E-state index contributed by atoms with van der Waals surface area (Å²) in [5, 5.41) is 5.43. The second kappa shape index (κ2) is 8.82. The van der Waals surface area contributed by atoms with Gasteiger partial charge in [0.1, 0.15) is 5.75 Å². The van der Waals surface area contributed by atoms with Crippen molar-refractivity contribution in [3.05, 3.63) is 65.0 Å². The average Bonchev–Trinajstić information content (AvgIpc) is 3.14. The number of aromatic nitrogens is 1. The Bertz CT molecular complexity index is 901. The molecule has 0 aliphatic carbocycles. The van der Waals surface area contributed by atoms with Crippen LogP contribution >= 0.6 is 11.3 Å². The third kappa shape index (κ3) is 4.95. The van der Waals surface area contributed by atoms with Gasteiger partial charge in [-0.2, -0.15) is 0 Å². The van der Waals surface area contributed by atoms with Crippen molar-refractivity contribution in [3.63, 3.8) is 0 Å². The highest BCUT2D eigenvalue weighted by Crippen LogP contribution is 2.31. The molecule has 0 bridgehead atoms. The van der Waals surface area contributed by atoms with Gasteiger partial charge in [-0.15, -0.1) is 11.3 Å². The summed E-state index contributed by atoms with van der Waals surface area (Å²) in [6.07, 6.45) is 1.15. The number of rotatable bonds is 7. The molecule has 0 saturated heterocycles. The van der Waals surface area contributed by atoms with E-state index < -0.39 is 0 Å². The topological polar surface area (TPSA) is 51.2 Å². The van der Waals surface area contributed by atoms with Gasteiger partial charge in [0.2, 0.25) is 5.91 Å². The highest BCUT2D eigenvalue weighted by Gasteiger charge is 2.11. The van der Waals surface area contributed by atoms with Gasteiger partial charge in [0.15, 0.2) is 5.13 Å². The van der Waals surface area contributed by atoms with Crippen molar-refractivity contribution in [3.8, 4) is 17.0 Å². The van der Waals surface area contributed by atoms with Crippen LogP contribution in [0.15, 0.2) is 53.9 Å². The first-order valence-corrected chi connectivity index (χ1v) is 9.92. The number of carbonyl (C=O) groups excluding carboxylic acids is 1. The first-order valence-electron chi connectivity index (χ1n) is 9.04. The molecule has 0 fully saturated rings. The molecule has 2 aromatic carbocycles. The third-order valence-electron chi connectivity index (χ3n) is 4.42. The van der Waals surface area contributed by atoms with Crippen LogP contribution in [-0.4, -0.2) is 18.0 Å². The van der Waals surface area contributed by atoms with E-state index >= 15 is 0 Å². The highest BCUT2D eigenvalue weighted by atomic mass is 32.1. The van der Waals surface area contributed by atoms with Crippen LogP contribution in [0.1, 0.15) is 37.3 Å². The molecule has 0 saturated carbocycles. The number of benzene rings is 2. The number of anilines is 1. The summed E-state index contributed by atoms with van der Waals surface area (Å²) >= 11 is 1.42. The van der Waals surface area contributed by atoms with Crippen LogP contribution in [0.25, 0.3) is 11.3 Å². The zero-order valence-corrected chi connectivity index (χ0v) is 16.7. The summed E-state index contributed by atoms with van der Waals surface area (Å²) in [5.41, 5.74) is 4.21. The molecule has 0 unspecified atom stereocenters. The smallest absolute Gasteiger partial charge is 0.226 e. The number of ether oxygens (including phenoxy) is 1. The zero-order valence-electron chi connectivity index (χ0n) is 15.9. The van der Waals surface area contributed by atoms with E-state index in [0.29, 0.717) is 17.5 Å². The number of nitrogens with one attached hydrogen (secondary N) is 1. The number of methoxy groups -OCH3 is 1. The van der Waals surface area contributed by atoms with Crippen molar-refractivity contribution in [1.29, 1.82) is 0 Å². The van der Waals surface area contributed by atoms with Gasteiger partial charge in [0.05, 0.1) is 12.8 Å². The van der Waals surface area contributed by atoms with E-state index in [9.17, 15) is 4.79 Å². The maximum atomic E-state index is 12.3. The molecular formula is C22H24N2O2S. The molecule has 5 heteroatoms. The van der Waals surface area contributed by atoms with Crippen LogP contribution in [0, 0.1) is 0 Å². The minimum Gasteiger partial charge on any atom is -0.496 e. The summed E-state index contributed by atoms with van der Waals surface area (Å²) in [6.45, 7) is 4.35. The van der Waals surface area contributed by atoms with Crippen LogP contribution in [0.5, 0.6) is 5.75 Å². The van der Waals surface area contributed by atoms with Gasteiger partial charge in [0.25, 0.3) is 0 Å². The van der Waals surface area contributed by atoms with Crippen molar-refractivity contribution >= 4 is 22.4 Å². The Morgan fingerprint density at radius 2 is 1.89 bits per heavy atom. The first kappa shape index (κ1) is 19.1. The minimum atomic E-state index is -0.0242. The van der Waals surface area contributed by atoms with E-state index in [4.69, 9.17) is 4.74 Å². The molecule has 0 radical (unpaired) electrons. The van der Waals surface area contributed by atoms with Crippen molar-refractivity contribution in [2.45, 2.75) is 32.6 Å². The van der Waals surface area contributed by atoms with Gasteiger partial charge < -0.3 is 10.1 Å². The number of hydrogen-bond donors (Lipinski definition) is 1. The molecule has 0 aliphatic heterocycles. The molecule has 0 spiro atoms. The number of para-hydroxylation sites is 1. The van der Waals surface area contributed by atoms with Crippen molar-refractivity contribution in [2.24, 2.45) is 0 Å². The third-order valence-corrected chi connectivity index (χ3v) is 5.18. The normalized spacial score (nSPS) is 10.8. The molecule has 1 heterocycles. The van der Waals surface area contributed by atoms with E-state index in [-0.39, 0.29) is 5.91 Å². The number of carbonyl (C=O) groups is 1. The largest absolute Gasteiger partial charge is 0.496 e. The quantitative estimate of drug-likeness (QED) is 0.588. The Morgan fingerprint density at radius 1 is 1.15 bits per heavy atom. The highest BCUT2D eigenvalue weighted by molar-refractivity contribution is 7.14. The SMILES string of the molecule is COc1ccccc1-c1csc(NC(=O)CCc2ccc(C(C)C)cc2)n1. The molecule has 0 aliphatic rings. The minimum absolute atomic E-state index is 0.0242. The average molecular weight is 381 g/mol. The van der Waals surface area contributed by atoms with E-state index in [1.54, 1.807) is 7.11 Å². The zero-order chi connectivity index (χ0) is 19.2. The Kier molecular flexibility index (Phi) is 6.24. The van der Waals surface area contributed by atoms with E-state index in [1.807, 2.05) is 29.6 Å². The van der Waals surface area contributed by atoms with Crippen LogP contribution in [0.4, 0.5) is 5.13 Å². The van der Waals surface area contributed by atoms with Crippen LogP contribution in [0.3, 0.4) is 0 Å². The van der Waals surface area contributed by atoms with Crippen LogP contribution in [0.2, 0.25) is 0 Å². The van der Waals surface area contributed by atoms with Gasteiger partial charge in [-0.1, -0.05) is 50.2 Å². The predicted molar refractivity (Wildman–Crippen MR) is 112 cm³/mol. The second-order valence-electron chi connectivity index (χ2n) is 6.68. The summed E-state index contributed by atoms with van der Waals surface area (Å²) < 4.78 is 5.38. The fraction of sp³-hybridized carbons (Fsp3) is 0.273. The Balaban J connectivity index is 1.58. The lowest BCUT2D eigenvalue weighted by molar-refractivity contribution is -0.116. The number of amides is 1. The fourth-order valence-electron chi connectivity index (χ4n) is 2.82. The number of thiazole rings is 1. The molecule has 3 rings (SSSR count). The summed E-state index contributed by atoms with van der Waals surface area (Å²) in [5.74, 6) is 1.26. The summed E-state index contributed by atoms with van der Waals surface area (Å²) in [7, 11) is 1.64. The van der Waals surface area contributed by atoms with Gasteiger partial charge in [0, 0.05) is 17.4 Å². The van der Waals surface area contributed by atoms with E-state index in [2.05, 4.69) is 48.4 Å². The Labute approximate surface area is 164 Å². The van der Waals surface area contributed by atoms with Gasteiger partial charge >= 0.3 is 0 Å². The molecular weight excluding hydrogens is 356 g/mol.